The number of nitrogens with one attached hydrogen (secondary N) is 1. The summed E-state index contributed by atoms with van der Waals surface area (Å²) in [6.45, 7) is 6.14. The van der Waals surface area contributed by atoms with E-state index in [1.807, 2.05) is 13.8 Å². The van der Waals surface area contributed by atoms with Crippen molar-refractivity contribution in [2.45, 2.75) is 33.1 Å². The first kappa shape index (κ1) is 9.10. The Kier molecular flexibility index (Phi) is 2.40. The Morgan fingerprint density at radius 1 is 1.50 bits per heavy atom. The molecule has 0 radical (unpaired) electrons. The van der Waals surface area contributed by atoms with Crippen molar-refractivity contribution in [1.82, 2.24) is 9.78 Å². The molecule has 0 fully saturated rings. The molecule has 0 spiro atoms. The number of aryl methyl sites for hydroxylation is 2. The lowest BCUT2D eigenvalue weighted by Crippen LogP contribution is -2.16. The van der Waals surface area contributed by atoms with Gasteiger partial charge in [-0.15, -0.1) is 0 Å². The molecule has 1 rings (SSSR count). The summed E-state index contributed by atoms with van der Waals surface area (Å²) in [6, 6.07) is 0. The van der Waals surface area contributed by atoms with Crippen molar-refractivity contribution in [3.63, 3.8) is 0 Å². The van der Waals surface area contributed by atoms with Crippen molar-refractivity contribution < 1.29 is 0 Å². The van der Waals surface area contributed by atoms with Crippen molar-refractivity contribution in [2.24, 2.45) is 7.05 Å². The van der Waals surface area contributed by atoms with Gasteiger partial charge in [-0.2, -0.15) is 0 Å². The molecule has 0 aliphatic rings. The fourth-order valence-corrected chi connectivity index (χ4v) is 1.49. The minimum atomic E-state index is 0.113. The Hall–Kier alpha value is -0.990. The molecule has 68 valence electrons. The third kappa shape index (κ3) is 1.31. The monoisotopic (exact) mass is 168 g/mol. The largest absolute Gasteiger partial charge is 0.300 e. The van der Waals surface area contributed by atoms with Crippen molar-refractivity contribution >= 4 is 0 Å². The fourth-order valence-electron chi connectivity index (χ4n) is 1.49. The van der Waals surface area contributed by atoms with Crippen LogP contribution in [0.4, 0.5) is 0 Å². The molecule has 0 aromatic carbocycles. The maximum Gasteiger partial charge on any atom is 0.269 e. The van der Waals surface area contributed by atoms with E-state index in [1.165, 1.54) is 0 Å². The molecule has 1 heterocycles. The van der Waals surface area contributed by atoms with Crippen LogP contribution in [0.15, 0.2) is 4.79 Å². The van der Waals surface area contributed by atoms with Crippen LogP contribution in [0.1, 0.15) is 37.9 Å². The highest BCUT2D eigenvalue weighted by molar-refractivity contribution is 5.20. The molecule has 0 saturated heterocycles. The molecule has 0 unspecified atom stereocenters. The van der Waals surface area contributed by atoms with Gasteiger partial charge in [0, 0.05) is 18.3 Å². The topological polar surface area (TPSA) is 37.8 Å². The van der Waals surface area contributed by atoms with Gasteiger partial charge in [0.2, 0.25) is 0 Å². The summed E-state index contributed by atoms with van der Waals surface area (Å²) in [5, 5.41) is 3.05. The number of H-pyrrole nitrogens is 1. The summed E-state index contributed by atoms with van der Waals surface area (Å²) in [5.74, 6) is 0.310. The third-order valence-electron chi connectivity index (χ3n) is 2.09. The van der Waals surface area contributed by atoms with Crippen molar-refractivity contribution in [2.75, 3.05) is 0 Å². The van der Waals surface area contributed by atoms with Gasteiger partial charge >= 0.3 is 0 Å². The van der Waals surface area contributed by atoms with E-state index in [2.05, 4.69) is 12.0 Å². The van der Waals surface area contributed by atoms with Crippen molar-refractivity contribution in [3.05, 3.63) is 21.6 Å². The van der Waals surface area contributed by atoms with E-state index in [0.29, 0.717) is 5.92 Å². The second-order valence-electron chi connectivity index (χ2n) is 3.38. The van der Waals surface area contributed by atoms with E-state index in [1.54, 1.807) is 11.7 Å². The summed E-state index contributed by atoms with van der Waals surface area (Å²) in [4.78, 5) is 11.5. The average molecular weight is 168 g/mol. The molecule has 3 nitrogen and oxygen atoms in total. The van der Waals surface area contributed by atoms with Crippen LogP contribution in [0, 0.1) is 0 Å². The number of aromatic nitrogens is 2. The van der Waals surface area contributed by atoms with Gasteiger partial charge in [0.15, 0.2) is 0 Å². The summed E-state index contributed by atoms with van der Waals surface area (Å²) in [6.07, 6.45) is 0.892. The highest BCUT2D eigenvalue weighted by Gasteiger charge is 2.13. The van der Waals surface area contributed by atoms with Gasteiger partial charge in [-0.3, -0.25) is 14.6 Å². The average Bonchev–Trinajstić information content (AvgIpc) is 2.28. The SMILES string of the molecule is CCc1[nH]n(C)c(=O)c1C(C)C. The van der Waals surface area contributed by atoms with Gasteiger partial charge in [0.1, 0.15) is 0 Å². The number of hydrogen-bond donors (Lipinski definition) is 1. The number of rotatable bonds is 2. The highest BCUT2D eigenvalue weighted by Crippen LogP contribution is 2.13. The van der Waals surface area contributed by atoms with Gasteiger partial charge in [-0.05, 0) is 12.3 Å². The van der Waals surface area contributed by atoms with Crippen molar-refractivity contribution in [1.29, 1.82) is 0 Å². The van der Waals surface area contributed by atoms with E-state index in [4.69, 9.17) is 0 Å². The molecular weight excluding hydrogens is 152 g/mol. The van der Waals surface area contributed by atoms with Crippen LogP contribution >= 0.6 is 0 Å². The lowest BCUT2D eigenvalue weighted by atomic mass is 10.0. The quantitative estimate of drug-likeness (QED) is 0.712. The predicted octanol–water partition coefficient (Wildman–Crippen LogP) is 1.40. The zero-order valence-electron chi connectivity index (χ0n) is 8.14. The maximum atomic E-state index is 11.5. The molecule has 0 atom stereocenters. The van der Waals surface area contributed by atoms with E-state index >= 15 is 0 Å². The van der Waals surface area contributed by atoms with Gasteiger partial charge < -0.3 is 0 Å². The van der Waals surface area contributed by atoms with Crippen LogP contribution in [-0.2, 0) is 13.5 Å². The van der Waals surface area contributed by atoms with Crippen LogP contribution in [0.3, 0.4) is 0 Å². The molecule has 3 heteroatoms. The summed E-state index contributed by atoms with van der Waals surface area (Å²) in [7, 11) is 1.76. The summed E-state index contributed by atoms with van der Waals surface area (Å²) >= 11 is 0. The molecule has 0 saturated carbocycles. The molecule has 0 bridgehead atoms. The fraction of sp³-hybridized carbons (Fsp3) is 0.667. The minimum absolute atomic E-state index is 0.113. The second kappa shape index (κ2) is 3.17. The molecule has 1 N–H and O–H groups in total. The number of nitrogens with zero attached hydrogens (tertiary/aromatic N) is 1. The van der Waals surface area contributed by atoms with E-state index in [-0.39, 0.29) is 5.56 Å². The normalized spacial score (nSPS) is 11.1. The van der Waals surface area contributed by atoms with E-state index in [0.717, 1.165) is 17.7 Å². The number of hydrogen-bond acceptors (Lipinski definition) is 1. The zero-order valence-corrected chi connectivity index (χ0v) is 8.14. The summed E-state index contributed by atoms with van der Waals surface area (Å²) < 4.78 is 1.55. The first-order valence-electron chi connectivity index (χ1n) is 4.35. The Bertz CT molecular complexity index is 320. The Morgan fingerprint density at radius 2 is 2.08 bits per heavy atom. The third-order valence-corrected chi connectivity index (χ3v) is 2.09. The van der Waals surface area contributed by atoms with Gasteiger partial charge in [0.25, 0.3) is 5.56 Å². The molecule has 1 aromatic rings. The van der Waals surface area contributed by atoms with Gasteiger partial charge in [-0.25, -0.2) is 0 Å². The molecule has 12 heavy (non-hydrogen) atoms. The zero-order chi connectivity index (χ0) is 9.30. The molecular formula is C9H16N2O. The minimum Gasteiger partial charge on any atom is -0.300 e. The Balaban J connectivity index is 3.31. The standard InChI is InChI=1S/C9H16N2O/c1-5-7-8(6(2)3)9(12)11(4)10-7/h6,10H,5H2,1-4H3. The smallest absolute Gasteiger partial charge is 0.269 e. The first-order chi connectivity index (χ1) is 5.57. The molecule has 0 aliphatic carbocycles. The van der Waals surface area contributed by atoms with E-state index in [9.17, 15) is 4.79 Å². The van der Waals surface area contributed by atoms with Gasteiger partial charge in [0.05, 0.1) is 0 Å². The Labute approximate surface area is 72.4 Å². The molecule has 0 aliphatic heterocycles. The lowest BCUT2D eigenvalue weighted by molar-refractivity contribution is 0.721. The highest BCUT2D eigenvalue weighted by atomic mass is 16.1. The predicted molar refractivity (Wildman–Crippen MR) is 49.5 cm³/mol. The number of aromatic amines is 1. The summed E-state index contributed by atoms with van der Waals surface area (Å²) in [5.41, 5.74) is 2.11. The van der Waals surface area contributed by atoms with Gasteiger partial charge in [-0.1, -0.05) is 20.8 Å². The lowest BCUT2D eigenvalue weighted by Gasteiger charge is -2.01. The maximum absolute atomic E-state index is 11.5. The first-order valence-corrected chi connectivity index (χ1v) is 4.35. The Morgan fingerprint density at radius 3 is 2.42 bits per heavy atom. The van der Waals surface area contributed by atoms with Crippen LogP contribution in [-0.4, -0.2) is 9.78 Å². The van der Waals surface area contributed by atoms with Crippen LogP contribution < -0.4 is 5.56 Å². The second-order valence-corrected chi connectivity index (χ2v) is 3.38. The van der Waals surface area contributed by atoms with E-state index < -0.39 is 0 Å². The molecule has 0 amide bonds. The van der Waals surface area contributed by atoms with Crippen LogP contribution in [0.25, 0.3) is 0 Å². The molecule has 1 aromatic heterocycles. The van der Waals surface area contributed by atoms with Crippen LogP contribution in [0.5, 0.6) is 0 Å². The van der Waals surface area contributed by atoms with Crippen molar-refractivity contribution in [3.8, 4) is 0 Å². The van der Waals surface area contributed by atoms with Crippen LogP contribution in [0.2, 0.25) is 0 Å².